The molecule has 1 saturated heterocycles. The van der Waals surface area contributed by atoms with Crippen molar-refractivity contribution in [2.75, 3.05) is 19.7 Å². The van der Waals surface area contributed by atoms with Gasteiger partial charge in [-0.15, -0.1) is 5.10 Å². The molecule has 23 heavy (non-hydrogen) atoms. The zero-order valence-electron chi connectivity index (χ0n) is 12.7. The summed E-state index contributed by atoms with van der Waals surface area (Å²) in [5.41, 5.74) is 1.70. The van der Waals surface area contributed by atoms with Gasteiger partial charge in [-0.3, -0.25) is 0 Å². The zero-order chi connectivity index (χ0) is 15.8. The maximum absolute atomic E-state index is 12.2. The van der Waals surface area contributed by atoms with Crippen molar-refractivity contribution in [2.24, 2.45) is 0 Å². The number of fused-ring (bicyclic) bond motifs is 1. The molecule has 0 atom stereocenters. The highest BCUT2D eigenvalue weighted by molar-refractivity contribution is 6.31. The van der Waals surface area contributed by atoms with Crippen molar-refractivity contribution < 1.29 is 9.15 Å². The third kappa shape index (κ3) is 2.77. The number of hydrogen-bond acceptors (Lipinski definition) is 5. The summed E-state index contributed by atoms with van der Waals surface area (Å²) >= 11 is 6.21. The number of aromatic nitrogens is 2. The molecule has 2 aliphatic rings. The van der Waals surface area contributed by atoms with Gasteiger partial charge in [0.25, 0.3) is 5.89 Å². The lowest BCUT2D eigenvalue weighted by Crippen LogP contribution is -2.33. The Balaban J connectivity index is 1.77. The molecule has 0 spiro atoms. The van der Waals surface area contributed by atoms with Gasteiger partial charge in [0.15, 0.2) is 0 Å². The van der Waals surface area contributed by atoms with Crippen LogP contribution >= 0.6 is 11.6 Å². The van der Waals surface area contributed by atoms with E-state index >= 15 is 0 Å². The summed E-state index contributed by atoms with van der Waals surface area (Å²) in [4.78, 5) is 12.2. The van der Waals surface area contributed by atoms with Crippen LogP contribution < -0.4 is 15.8 Å². The predicted molar refractivity (Wildman–Crippen MR) is 86.2 cm³/mol. The lowest BCUT2D eigenvalue weighted by atomic mass is 10.0. The molecule has 4 rings (SSSR count). The number of nitrogens with zero attached hydrogens (tertiary/aromatic N) is 2. The van der Waals surface area contributed by atoms with E-state index in [0.29, 0.717) is 17.2 Å². The Morgan fingerprint density at radius 1 is 1.30 bits per heavy atom. The topological polar surface area (TPSA) is 69.3 Å². The lowest BCUT2D eigenvalue weighted by molar-refractivity contribution is 0.289. The third-order valence-corrected chi connectivity index (χ3v) is 4.64. The minimum absolute atomic E-state index is 0.0807. The van der Waals surface area contributed by atoms with Crippen LogP contribution in [-0.4, -0.2) is 29.5 Å². The Morgan fingerprint density at radius 3 is 2.96 bits per heavy atom. The first-order chi connectivity index (χ1) is 11.2. The maximum Gasteiger partial charge on any atom is 0.437 e. The van der Waals surface area contributed by atoms with E-state index in [4.69, 9.17) is 20.8 Å². The van der Waals surface area contributed by atoms with Gasteiger partial charge in [-0.2, -0.15) is 4.68 Å². The van der Waals surface area contributed by atoms with Crippen LogP contribution in [0.2, 0.25) is 5.02 Å². The molecule has 1 fully saturated rings. The lowest BCUT2D eigenvalue weighted by Gasteiger charge is -2.21. The van der Waals surface area contributed by atoms with E-state index in [2.05, 4.69) is 10.4 Å². The van der Waals surface area contributed by atoms with Crippen molar-refractivity contribution >= 4 is 11.6 Å². The fourth-order valence-electron chi connectivity index (χ4n) is 3.28. The highest BCUT2D eigenvalue weighted by atomic mass is 35.5. The van der Waals surface area contributed by atoms with E-state index in [-0.39, 0.29) is 11.9 Å². The second-order valence-corrected chi connectivity index (χ2v) is 6.43. The van der Waals surface area contributed by atoms with Crippen molar-refractivity contribution in [1.82, 2.24) is 15.1 Å². The normalized spacial score (nSPS) is 18.5. The van der Waals surface area contributed by atoms with Crippen LogP contribution in [0.4, 0.5) is 0 Å². The monoisotopic (exact) mass is 335 g/mol. The first-order valence-corrected chi connectivity index (χ1v) is 8.36. The largest absolute Gasteiger partial charge is 0.492 e. The van der Waals surface area contributed by atoms with E-state index in [9.17, 15) is 4.79 Å². The Labute approximate surface area is 138 Å². The van der Waals surface area contributed by atoms with E-state index in [1.165, 1.54) is 4.68 Å². The minimum Gasteiger partial charge on any atom is -0.492 e. The van der Waals surface area contributed by atoms with E-state index in [1.54, 1.807) is 6.07 Å². The smallest absolute Gasteiger partial charge is 0.437 e. The van der Waals surface area contributed by atoms with Crippen LogP contribution in [0.3, 0.4) is 0 Å². The fraction of sp³-hybridized carbons (Fsp3) is 0.500. The van der Waals surface area contributed by atoms with Crippen molar-refractivity contribution in [1.29, 1.82) is 0 Å². The summed E-state index contributed by atoms with van der Waals surface area (Å²) in [6.07, 6.45) is 3.61. The molecule has 122 valence electrons. The predicted octanol–water partition coefficient (Wildman–Crippen LogP) is 2.41. The molecule has 0 amide bonds. The summed E-state index contributed by atoms with van der Waals surface area (Å²) in [6.45, 7) is 2.42. The summed E-state index contributed by atoms with van der Waals surface area (Å²) in [7, 11) is 0. The molecule has 2 aliphatic heterocycles. The second-order valence-electron chi connectivity index (χ2n) is 5.99. The number of nitrogens with one attached hydrogen (secondary N) is 1. The molecule has 1 aromatic heterocycles. The van der Waals surface area contributed by atoms with Crippen molar-refractivity contribution in [3.05, 3.63) is 33.3 Å². The van der Waals surface area contributed by atoms with Crippen LogP contribution in [0.5, 0.6) is 5.75 Å². The standard InChI is InChI=1S/C16H18ClN3O3/c17-11-8-10-2-1-7-22-14(10)13(9-11)15-19-20(16(21)23-15)12-3-5-18-6-4-12/h8-9,12,18H,1-7H2. The molecule has 1 aromatic carbocycles. The van der Waals surface area contributed by atoms with Gasteiger partial charge in [0.1, 0.15) is 5.75 Å². The number of piperidine rings is 1. The molecule has 0 bridgehead atoms. The molecular formula is C16H18ClN3O3. The van der Waals surface area contributed by atoms with Crippen molar-refractivity contribution in [3.63, 3.8) is 0 Å². The second kappa shape index (κ2) is 6.02. The highest BCUT2D eigenvalue weighted by Crippen LogP contribution is 2.38. The van der Waals surface area contributed by atoms with Gasteiger partial charge >= 0.3 is 5.76 Å². The first-order valence-electron chi connectivity index (χ1n) is 7.98. The number of halogens is 1. The molecule has 1 N–H and O–H groups in total. The number of aryl methyl sites for hydroxylation is 1. The molecule has 0 unspecified atom stereocenters. The Bertz CT molecular complexity index is 777. The van der Waals surface area contributed by atoms with Crippen LogP contribution in [0, 0.1) is 0 Å². The molecule has 3 heterocycles. The zero-order valence-corrected chi connectivity index (χ0v) is 13.4. The molecule has 0 saturated carbocycles. The van der Waals surface area contributed by atoms with E-state index < -0.39 is 5.76 Å². The van der Waals surface area contributed by atoms with Crippen LogP contribution in [-0.2, 0) is 6.42 Å². The van der Waals surface area contributed by atoms with Gasteiger partial charge in [-0.25, -0.2) is 4.79 Å². The van der Waals surface area contributed by atoms with Crippen LogP contribution in [0.15, 0.2) is 21.3 Å². The summed E-state index contributed by atoms with van der Waals surface area (Å²) in [6, 6.07) is 3.74. The Morgan fingerprint density at radius 2 is 2.13 bits per heavy atom. The highest BCUT2D eigenvalue weighted by Gasteiger charge is 2.24. The molecular weight excluding hydrogens is 318 g/mol. The van der Waals surface area contributed by atoms with Gasteiger partial charge in [0.05, 0.1) is 18.2 Å². The number of rotatable bonds is 2. The number of benzene rings is 1. The average molecular weight is 336 g/mol. The van der Waals surface area contributed by atoms with Gasteiger partial charge in [-0.05, 0) is 56.5 Å². The van der Waals surface area contributed by atoms with Crippen molar-refractivity contribution in [3.8, 4) is 17.2 Å². The Kier molecular flexibility index (Phi) is 3.87. The van der Waals surface area contributed by atoms with Gasteiger partial charge in [0, 0.05) is 5.02 Å². The molecule has 2 aromatic rings. The first kappa shape index (κ1) is 14.8. The minimum atomic E-state index is -0.420. The average Bonchev–Trinajstić information content (AvgIpc) is 2.96. The number of ether oxygens (including phenoxy) is 1. The molecule has 0 aliphatic carbocycles. The number of hydrogen-bond donors (Lipinski definition) is 1. The van der Waals surface area contributed by atoms with Crippen LogP contribution in [0.25, 0.3) is 11.5 Å². The van der Waals surface area contributed by atoms with Gasteiger partial charge in [-0.1, -0.05) is 11.6 Å². The summed E-state index contributed by atoms with van der Waals surface area (Å²) in [5, 5.41) is 8.30. The van der Waals surface area contributed by atoms with Crippen molar-refractivity contribution in [2.45, 2.75) is 31.7 Å². The summed E-state index contributed by atoms with van der Waals surface area (Å²) in [5.74, 6) is 0.602. The van der Waals surface area contributed by atoms with Gasteiger partial charge in [0.2, 0.25) is 0 Å². The Hall–Kier alpha value is -1.79. The van der Waals surface area contributed by atoms with Gasteiger partial charge < -0.3 is 14.5 Å². The third-order valence-electron chi connectivity index (χ3n) is 4.42. The van der Waals surface area contributed by atoms with Crippen LogP contribution in [0.1, 0.15) is 30.9 Å². The maximum atomic E-state index is 12.2. The molecule has 6 nitrogen and oxygen atoms in total. The summed E-state index contributed by atoms with van der Waals surface area (Å²) < 4.78 is 12.7. The molecule has 0 radical (unpaired) electrons. The molecule has 7 heteroatoms. The van der Waals surface area contributed by atoms with E-state index in [1.807, 2.05) is 6.07 Å². The SMILES string of the molecule is O=c1oc(-c2cc(Cl)cc3c2OCCC3)nn1C1CCNCC1. The fourth-order valence-corrected chi connectivity index (χ4v) is 3.52. The quantitative estimate of drug-likeness (QED) is 0.912. The van der Waals surface area contributed by atoms with E-state index in [0.717, 1.165) is 50.1 Å².